The van der Waals surface area contributed by atoms with Gasteiger partial charge in [-0.1, -0.05) is 0 Å². The largest absolute Gasteiger partial charge is 0.433 e. The fraction of sp³-hybridized carbons (Fsp3) is 0.0625. The standard InChI is InChI=1S/C16H11N3O6/c1-9(20)17-11-4-2-10(3-5-11)15-18-13(16(21)25-15)8-12-6-7-14(24-12)19(22)23/h2-8H,1H3,(H,17,20)/b13-8-. The molecular weight excluding hydrogens is 330 g/mol. The van der Waals surface area contributed by atoms with Crippen LogP contribution < -0.4 is 5.32 Å². The minimum atomic E-state index is -0.694. The van der Waals surface area contributed by atoms with Crippen molar-refractivity contribution in [3.05, 3.63) is 63.5 Å². The first-order valence-electron chi connectivity index (χ1n) is 7.07. The van der Waals surface area contributed by atoms with E-state index >= 15 is 0 Å². The highest BCUT2D eigenvalue weighted by molar-refractivity contribution is 6.12. The fourth-order valence-corrected chi connectivity index (χ4v) is 2.08. The summed E-state index contributed by atoms with van der Waals surface area (Å²) in [4.78, 5) is 36.9. The zero-order valence-corrected chi connectivity index (χ0v) is 12.9. The summed E-state index contributed by atoms with van der Waals surface area (Å²) in [5.41, 5.74) is 1.10. The Labute approximate surface area is 140 Å². The van der Waals surface area contributed by atoms with Crippen molar-refractivity contribution in [1.82, 2.24) is 0 Å². The van der Waals surface area contributed by atoms with Gasteiger partial charge in [0.05, 0.1) is 6.07 Å². The maximum atomic E-state index is 11.9. The molecule has 0 unspecified atom stereocenters. The van der Waals surface area contributed by atoms with Gasteiger partial charge in [-0.15, -0.1) is 0 Å². The van der Waals surface area contributed by atoms with E-state index in [0.29, 0.717) is 11.3 Å². The summed E-state index contributed by atoms with van der Waals surface area (Å²) in [5, 5.41) is 13.2. The summed E-state index contributed by atoms with van der Waals surface area (Å²) in [6.45, 7) is 1.40. The molecule has 0 fully saturated rings. The Morgan fingerprint density at radius 3 is 2.56 bits per heavy atom. The number of hydrogen-bond donors (Lipinski definition) is 1. The van der Waals surface area contributed by atoms with Crippen LogP contribution in [0.25, 0.3) is 6.08 Å². The minimum absolute atomic E-state index is 0.0369. The molecule has 1 aliphatic heterocycles. The Morgan fingerprint density at radius 2 is 1.96 bits per heavy atom. The van der Waals surface area contributed by atoms with Gasteiger partial charge in [-0.05, 0) is 30.3 Å². The van der Waals surface area contributed by atoms with Crippen LogP contribution in [-0.4, -0.2) is 22.7 Å². The van der Waals surface area contributed by atoms with E-state index in [2.05, 4.69) is 10.3 Å². The summed E-state index contributed by atoms with van der Waals surface area (Å²) < 4.78 is 10.0. The number of nitrogens with one attached hydrogen (secondary N) is 1. The molecule has 9 heteroatoms. The monoisotopic (exact) mass is 341 g/mol. The summed E-state index contributed by atoms with van der Waals surface area (Å²) in [6.07, 6.45) is 1.26. The van der Waals surface area contributed by atoms with Crippen LogP contribution in [0.1, 0.15) is 18.2 Å². The first-order valence-corrected chi connectivity index (χ1v) is 7.07. The number of hydrogen-bond acceptors (Lipinski definition) is 7. The molecule has 0 saturated heterocycles. The zero-order chi connectivity index (χ0) is 18.0. The number of nitro groups is 1. The molecule has 1 aliphatic rings. The van der Waals surface area contributed by atoms with E-state index in [9.17, 15) is 19.7 Å². The molecule has 0 bridgehead atoms. The number of rotatable bonds is 4. The molecular formula is C16H11N3O6. The number of anilines is 1. The smallest absolute Gasteiger partial charge is 0.402 e. The number of carbonyl (C=O) groups is 2. The molecule has 1 aromatic heterocycles. The third-order valence-corrected chi connectivity index (χ3v) is 3.14. The van der Waals surface area contributed by atoms with Gasteiger partial charge in [0.15, 0.2) is 5.70 Å². The number of cyclic esters (lactones) is 1. The van der Waals surface area contributed by atoms with Crippen LogP contribution in [0.2, 0.25) is 0 Å². The van der Waals surface area contributed by atoms with Crippen LogP contribution >= 0.6 is 0 Å². The zero-order valence-electron chi connectivity index (χ0n) is 12.9. The second kappa shape index (κ2) is 6.40. The number of carbonyl (C=O) groups excluding carboxylic acids is 2. The molecule has 0 spiro atoms. The number of ether oxygens (including phenoxy) is 1. The molecule has 126 valence electrons. The molecule has 0 radical (unpaired) electrons. The highest BCUT2D eigenvalue weighted by atomic mass is 16.6. The van der Waals surface area contributed by atoms with E-state index < -0.39 is 16.8 Å². The Morgan fingerprint density at radius 1 is 1.24 bits per heavy atom. The number of amides is 1. The molecule has 25 heavy (non-hydrogen) atoms. The van der Waals surface area contributed by atoms with E-state index in [0.717, 1.165) is 0 Å². The average molecular weight is 341 g/mol. The lowest BCUT2D eigenvalue weighted by Crippen LogP contribution is -2.07. The molecule has 1 N–H and O–H groups in total. The van der Waals surface area contributed by atoms with Crippen molar-refractivity contribution in [1.29, 1.82) is 0 Å². The second-order valence-electron chi connectivity index (χ2n) is 5.03. The first kappa shape index (κ1) is 16.1. The van der Waals surface area contributed by atoms with Crippen molar-refractivity contribution in [2.45, 2.75) is 6.92 Å². The van der Waals surface area contributed by atoms with Crippen molar-refractivity contribution in [3.63, 3.8) is 0 Å². The highest BCUT2D eigenvalue weighted by Crippen LogP contribution is 2.23. The Kier molecular flexibility index (Phi) is 4.12. The van der Waals surface area contributed by atoms with Gasteiger partial charge in [0, 0.05) is 24.3 Å². The fourth-order valence-electron chi connectivity index (χ4n) is 2.08. The minimum Gasteiger partial charge on any atom is -0.402 e. The third-order valence-electron chi connectivity index (χ3n) is 3.14. The van der Waals surface area contributed by atoms with Crippen LogP contribution in [0.3, 0.4) is 0 Å². The molecule has 9 nitrogen and oxygen atoms in total. The van der Waals surface area contributed by atoms with Gasteiger partial charge in [-0.3, -0.25) is 14.9 Å². The number of furan rings is 1. The quantitative estimate of drug-likeness (QED) is 0.394. The summed E-state index contributed by atoms with van der Waals surface area (Å²) >= 11 is 0. The van der Waals surface area contributed by atoms with E-state index in [-0.39, 0.29) is 23.3 Å². The molecule has 1 aromatic carbocycles. The predicted octanol–water partition coefficient (Wildman–Crippen LogP) is 2.49. The lowest BCUT2D eigenvalue weighted by atomic mass is 10.2. The summed E-state index contributed by atoms with van der Waals surface area (Å²) in [5.74, 6) is -1.12. The van der Waals surface area contributed by atoms with E-state index in [1.807, 2.05) is 0 Å². The third kappa shape index (κ3) is 3.61. The molecule has 2 heterocycles. The number of nitrogens with zero attached hydrogens (tertiary/aromatic N) is 2. The van der Waals surface area contributed by atoms with Gasteiger partial charge in [-0.2, -0.15) is 0 Å². The average Bonchev–Trinajstić information content (AvgIpc) is 3.16. The molecule has 0 saturated carbocycles. The molecule has 3 rings (SSSR count). The van der Waals surface area contributed by atoms with Gasteiger partial charge >= 0.3 is 11.9 Å². The van der Waals surface area contributed by atoms with E-state index in [1.165, 1.54) is 25.1 Å². The summed E-state index contributed by atoms with van der Waals surface area (Å²) in [7, 11) is 0. The van der Waals surface area contributed by atoms with Gasteiger partial charge in [0.2, 0.25) is 11.8 Å². The van der Waals surface area contributed by atoms with Gasteiger partial charge in [-0.25, -0.2) is 9.79 Å². The van der Waals surface area contributed by atoms with Crippen LogP contribution in [0, 0.1) is 10.1 Å². The predicted molar refractivity (Wildman–Crippen MR) is 86.7 cm³/mol. The SMILES string of the molecule is CC(=O)Nc1ccc(C2=N/C(=C\c3ccc([N+](=O)[O-])o3)C(=O)O2)cc1. The maximum Gasteiger partial charge on any atom is 0.433 e. The van der Waals surface area contributed by atoms with Crippen LogP contribution in [-0.2, 0) is 14.3 Å². The van der Waals surface area contributed by atoms with E-state index in [1.54, 1.807) is 24.3 Å². The van der Waals surface area contributed by atoms with Gasteiger partial charge in [0.1, 0.15) is 10.7 Å². The van der Waals surface area contributed by atoms with Crippen LogP contribution in [0.4, 0.5) is 11.6 Å². The molecule has 0 atom stereocenters. The maximum absolute atomic E-state index is 11.9. The molecule has 0 aliphatic carbocycles. The lowest BCUT2D eigenvalue weighted by Gasteiger charge is -2.03. The highest BCUT2D eigenvalue weighted by Gasteiger charge is 2.25. The van der Waals surface area contributed by atoms with E-state index in [4.69, 9.17) is 9.15 Å². The summed E-state index contributed by atoms with van der Waals surface area (Å²) in [6, 6.07) is 9.09. The molecule has 2 aromatic rings. The van der Waals surface area contributed by atoms with Crippen LogP contribution in [0.15, 0.2) is 51.5 Å². The van der Waals surface area contributed by atoms with Crippen molar-refractivity contribution in [2.24, 2.45) is 4.99 Å². The topological polar surface area (TPSA) is 124 Å². The van der Waals surface area contributed by atoms with Crippen molar-refractivity contribution >= 4 is 35.4 Å². The normalized spacial score (nSPS) is 15.0. The van der Waals surface area contributed by atoms with Crippen LogP contribution in [0.5, 0.6) is 0 Å². The van der Waals surface area contributed by atoms with Crippen molar-refractivity contribution < 1.29 is 23.7 Å². The Bertz CT molecular complexity index is 924. The number of esters is 1. The number of benzene rings is 1. The Balaban J connectivity index is 1.83. The van der Waals surface area contributed by atoms with Crippen molar-refractivity contribution in [2.75, 3.05) is 5.32 Å². The molecule has 1 amide bonds. The number of aliphatic imine (C=N–C) groups is 1. The van der Waals surface area contributed by atoms with Gasteiger partial charge < -0.3 is 14.5 Å². The van der Waals surface area contributed by atoms with Crippen molar-refractivity contribution in [3.8, 4) is 0 Å². The van der Waals surface area contributed by atoms with Gasteiger partial charge in [0.25, 0.3) is 0 Å². The Hall–Kier alpha value is -3.75. The second-order valence-corrected chi connectivity index (χ2v) is 5.03. The lowest BCUT2D eigenvalue weighted by molar-refractivity contribution is -0.402. The first-order chi connectivity index (χ1) is 11.9.